The number of carbonyl (C=O) groups excluding carboxylic acids is 1. The number of hydrogen-bond donors (Lipinski definition) is 1. The van der Waals surface area contributed by atoms with Crippen molar-refractivity contribution in [1.29, 1.82) is 0 Å². The number of nitrogens with zero attached hydrogens (tertiary/aromatic N) is 5. The van der Waals surface area contributed by atoms with Crippen molar-refractivity contribution in [3.8, 4) is 16.8 Å². The number of rotatable bonds is 4. The number of hydrogen-bond acceptors (Lipinski definition) is 6. The molecule has 1 amide bonds. The predicted octanol–water partition coefficient (Wildman–Crippen LogP) is 4.93. The number of aromatic nitrogens is 3. The van der Waals surface area contributed by atoms with Crippen molar-refractivity contribution in [2.45, 2.75) is 32.7 Å². The van der Waals surface area contributed by atoms with Gasteiger partial charge in [-0.1, -0.05) is 38.6 Å². The zero-order valence-corrected chi connectivity index (χ0v) is 23.4. The van der Waals surface area contributed by atoms with Crippen LogP contribution in [0.2, 0.25) is 0 Å². The van der Waals surface area contributed by atoms with Crippen LogP contribution in [-0.2, 0) is 4.79 Å². The first-order chi connectivity index (χ1) is 20.1. The SMILES string of the molecule is C=CC(=O)N1CCN2c3nc(=O)n(-c4c(C)ccnc4C(C)C)c4c(F)c(-c5ccccc5F)c(F)c(c34)NCC2C1. The normalized spacial score (nSPS) is 16.3. The third kappa shape index (κ3) is 4.14. The lowest BCUT2D eigenvalue weighted by atomic mass is 9.98. The van der Waals surface area contributed by atoms with E-state index in [-0.39, 0.29) is 59.4 Å². The molecule has 2 aliphatic rings. The Kier molecular flexibility index (Phi) is 6.75. The molecule has 6 rings (SSSR count). The lowest BCUT2D eigenvalue weighted by Gasteiger charge is -2.41. The minimum atomic E-state index is -1.09. The monoisotopic (exact) mass is 574 g/mol. The van der Waals surface area contributed by atoms with Crippen LogP contribution in [0.25, 0.3) is 27.7 Å². The van der Waals surface area contributed by atoms with Gasteiger partial charge in [-0.25, -0.2) is 18.0 Å². The molecule has 0 saturated carbocycles. The van der Waals surface area contributed by atoms with Crippen LogP contribution in [0.4, 0.5) is 24.7 Å². The summed E-state index contributed by atoms with van der Waals surface area (Å²) in [6.07, 6.45) is 2.84. The van der Waals surface area contributed by atoms with Gasteiger partial charge in [-0.3, -0.25) is 14.3 Å². The maximum absolute atomic E-state index is 17.0. The molecule has 1 saturated heterocycles. The molecule has 1 unspecified atom stereocenters. The van der Waals surface area contributed by atoms with Crippen LogP contribution in [0.3, 0.4) is 0 Å². The number of piperazine rings is 1. The Hall–Kier alpha value is -4.67. The molecule has 11 heteroatoms. The molecule has 4 aromatic rings. The van der Waals surface area contributed by atoms with Crippen LogP contribution < -0.4 is 15.9 Å². The summed E-state index contributed by atoms with van der Waals surface area (Å²) in [6.45, 7) is 10.1. The first-order valence-electron chi connectivity index (χ1n) is 13.7. The summed E-state index contributed by atoms with van der Waals surface area (Å²) in [4.78, 5) is 38.7. The maximum Gasteiger partial charge on any atom is 0.354 e. The largest absolute Gasteiger partial charge is 0.380 e. The zero-order chi connectivity index (χ0) is 29.9. The minimum Gasteiger partial charge on any atom is -0.380 e. The third-order valence-corrected chi connectivity index (χ3v) is 8.02. The van der Waals surface area contributed by atoms with Gasteiger partial charge >= 0.3 is 5.69 Å². The van der Waals surface area contributed by atoms with Gasteiger partial charge in [0, 0.05) is 37.9 Å². The van der Waals surface area contributed by atoms with E-state index in [0.29, 0.717) is 23.5 Å². The van der Waals surface area contributed by atoms with Crippen molar-refractivity contribution in [2.75, 3.05) is 36.4 Å². The second-order valence-electron chi connectivity index (χ2n) is 10.9. The standard InChI is InChI=1S/C31H29F3N6O2/c1-5-21(41)38-12-13-39-18(15-38)14-36-27-23-29(25(34)22(24(27)33)19-8-6-7-9-20(19)32)40(31(42)37-30(23)39)28-17(4)10-11-35-26(28)16(2)3/h5-11,16,18,36H,1,12-15H2,2-4H3. The van der Waals surface area contributed by atoms with E-state index in [1.807, 2.05) is 18.7 Å². The lowest BCUT2D eigenvalue weighted by Crippen LogP contribution is -2.57. The molecule has 2 aromatic heterocycles. The first-order valence-corrected chi connectivity index (χ1v) is 13.7. The third-order valence-electron chi connectivity index (χ3n) is 8.02. The number of halogens is 3. The zero-order valence-electron chi connectivity index (χ0n) is 23.4. The van der Waals surface area contributed by atoms with Gasteiger partial charge in [-0.15, -0.1) is 0 Å². The predicted molar refractivity (Wildman–Crippen MR) is 156 cm³/mol. The molecule has 0 radical (unpaired) electrons. The fourth-order valence-corrected chi connectivity index (χ4v) is 6.02. The highest BCUT2D eigenvalue weighted by atomic mass is 19.1. The van der Waals surface area contributed by atoms with Crippen molar-refractivity contribution < 1.29 is 18.0 Å². The molecule has 2 aromatic carbocycles. The molecule has 216 valence electrons. The lowest BCUT2D eigenvalue weighted by molar-refractivity contribution is -0.126. The summed E-state index contributed by atoms with van der Waals surface area (Å²) in [5, 5.41) is 3.16. The molecule has 4 heterocycles. The molecular formula is C31H29F3N6O2. The Morgan fingerprint density at radius 2 is 1.90 bits per heavy atom. The van der Waals surface area contributed by atoms with Gasteiger partial charge in [0.2, 0.25) is 5.91 Å². The van der Waals surface area contributed by atoms with Gasteiger partial charge in [-0.2, -0.15) is 4.98 Å². The number of carbonyl (C=O) groups is 1. The summed E-state index contributed by atoms with van der Waals surface area (Å²) >= 11 is 0. The summed E-state index contributed by atoms with van der Waals surface area (Å²) < 4.78 is 49.7. The molecule has 42 heavy (non-hydrogen) atoms. The van der Waals surface area contributed by atoms with Crippen molar-refractivity contribution in [3.63, 3.8) is 0 Å². The van der Waals surface area contributed by atoms with E-state index in [2.05, 4.69) is 21.9 Å². The van der Waals surface area contributed by atoms with Gasteiger partial charge < -0.3 is 15.1 Å². The summed E-state index contributed by atoms with van der Waals surface area (Å²) in [7, 11) is 0. The van der Waals surface area contributed by atoms with Crippen molar-refractivity contribution in [1.82, 2.24) is 19.4 Å². The highest BCUT2D eigenvalue weighted by Crippen LogP contribution is 2.44. The van der Waals surface area contributed by atoms with Gasteiger partial charge in [0.1, 0.15) is 17.2 Å². The highest BCUT2D eigenvalue weighted by molar-refractivity contribution is 6.05. The topological polar surface area (TPSA) is 83.4 Å². The van der Waals surface area contributed by atoms with E-state index in [1.54, 1.807) is 24.1 Å². The van der Waals surface area contributed by atoms with E-state index < -0.39 is 34.7 Å². The molecule has 0 bridgehead atoms. The van der Waals surface area contributed by atoms with Crippen LogP contribution in [-0.4, -0.2) is 57.6 Å². The van der Waals surface area contributed by atoms with Crippen LogP contribution in [0.1, 0.15) is 31.0 Å². The smallest absolute Gasteiger partial charge is 0.354 e. The number of aryl methyl sites for hydroxylation is 1. The van der Waals surface area contributed by atoms with E-state index in [0.717, 1.165) is 10.6 Å². The van der Waals surface area contributed by atoms with Crippen LogP contribution in [0, 0.1) is 24.4 Å². The number of benzene rings is 2. The second-order valence-corrected chi connectivity index (χ2v) is 10.9. The molecule has 1 N–H and O–H groups in total. The van der Waals surface area contributed by atoms with E-state index in [9.17, 15) is 9.59 Å². The Balaban J connectivity index is 1.74. The minimum absolute atomic E-state index is 0.0636. The van der Waals surface area contributed by atoms with Gasteiger partial charge in [0.05, 0.1) is 34.1 Å². The Labute approximate surface area is 240 Å². The van der Waals surface area contributed by atoms with E-state index in [4.69, 9.17) is 0 Å². The average Bonchev–Trinajstić information content (AvgIpc) is 3.13. The number of amides is 1. The van der Waals surface area contributed by atoms with Crippen LogP contribution in [0.15, 0.2) is 54.0 Å². The van der Waals surface area contributed by atoms with E-state index >= 15 is 13.2 Å². The van der Waals surface area contributed by atoms with Crippen molar-refractivity contribution in [3.05, 3.63) is 88.4 Å². The Morgan fingerprint density at radius 1 is 1.14 bits per heavy atom. The Morgan fingerprint density at radius 3 is 2.62 bits per heavy atom. The Bertz CT molecular complexity index is 1840. The van der Waals surface area contributed by atoms with Crippen LogP contribution in [0.5, 0.6) is 0 Å². The van der Waals surface area contributed by atoms with Gasteiger partial charge in [0.15, 0.2) is 11.6 Å². The van der Waals surface area contributed by atoms with Crippen molar-refractivity contribution in [2.24, 2.45) is 0 Å². The van der Waals surface area contributed by atoms with Crippen LogP contribution >= 0.6 is 0 Å². The second kappa shape index (κ2) is 10.3. The maximum atomic E-state index is 17.0. The van der Waals surface area contributed by atoms with Gasteiger partial charge in [0.25, 0.3) is 0 Å². The summed E-state index contributed by atoms with van der Waals surface area (Å²) in [5.41, 5.74) is -0.457. The fourth-order valence-electron chi connectivity index (χ4n) is 6.02. The molecule has 2 aliphatic heterocycles. The molecule has 0 spiro atoms. The average molecular weight is 575 g/mol. The summed E-state index contributed by atoms with van der Waals surface area (Å²) in [5.74, 6) is -3.19. The fraction of sp³-hybridized carbons (Fsp3) is 0.290. The van der Waals surface area contributed by atoms with Crippen molar-refractivity contribution >= 4 is 28.3 Å². The number of pyridine rings is 1. The quantitative estimate of drug-likeness (QED) is 0.349. The molecule has 1 atom stereocenters. The molecule has 0 aliphatic carbocycles. The molecule has 1 fully saturated rings. The number of fused-ring (bicyclic) bond motifs is 2. The highest BCUT2D eigenvalue weighted by Gasteiger charge is 2.38. The van der Waals surface area contributed by atoms with E-state index in [1.165, 1.54) is 24.3 Å². The first kappa shape index (κ1) is 27.5. The number of anilines is 2. The molecule has 8 nitrogen and oxygen atoms in total. The summed E-state index contributed by atoms with van der Waals surface area (Å²) in [6, 6.07) is 6.65. The molecular weight excluding hydrogens is 545 g/mol. The number of nitrogens with one attached hydrogen (secondary N) is 1. The van der Waals surface area contributed by atoms with Gasteiger partial charge in [-0.05, 0) is 36.6 Å².